The molecule has 5 fully saturated rings. The summed E-state index contributed by atoms with van der Waals surface area (Å²) in [5.41, 5.74) is 2.60. The smallest absolute Gasteiger partial charge is 0.187 e. The maximum absolute atomic E-state index is 10.2. The van der Waals surface area contributed by atoms with E-state index in [4.69, 9.17) is 19.3 Å². The van der Waals surface area contributed by atoms with Crippen LogP contribution in [-0.4, -0.2) is 127 Å². The van der Waals surface area contributed by atoms with E-state index in [0.717, 1.165) is 48.3 Å². The molecule has 18 atom stereocenters. The molecule has 2 heterocycles. The fraction of sp³-hybridized carbons (Fsp3) is 0.949. The van der Waals surface area contributed by atoms with Crippen molar-refractivity contribution in [3.8, 4) is 0 Å². The summed E-state index contributed by atoms with van der Waals surface area (Å²) in [6.07, 6.45) is 1.59. The lowest BCUT2D eigenvalue weighted by atomic mass is 9.47. The molecule has 0 amide bonds. The van der Waals surface area contributed by atoms with Crippen LogP contribution in [0.3, 0.4) is 0 Å². The van der Waals surface area contributed by atoms with Gasteiger partial charge in [0.2, 0.25) is 0 Å². The molecule has 6 rings (SSSR count). The van der Waals surface area contributed by atoms with Crippen LogP contribution in [0.5, 0.6) is 0 Å². The van der Waals surface area contributed by atoms with E-state index < -0.39 is 74.6 Å². The second kappa shape index (κ2) is 17.0. The zero-order valence-electron chi connectivity index (χ0n) is 31.3. The minimum Gasteiger partial charge on any atom is -0.394 e. The van der Waals surface area contributed by atoms with Gasteiger partial charge in [0, 0.05) is 0 Å². The van der Waals surface area contributed by atoms with E-state index in [1.54, 1.807) is 5.57 Å². The summed E-state index contributed by atoms with van der Waals surface area (Å²) in [5.74, 6) is 5.46. The first kappa shape index (κ1) is 41.4. The number of aliphatic hydroxyl groups is 9. The average Bonchev–Trinajstić information content (AvgIpc) is 3.46. The molecule has 3 saturated carbocycles. The number of ether oxygens (including phenoxy) is 3. The van der Waals surface area contributed by atoms with Crippen LogP contribution >= 0.6 is 0 Å². The maximum atomic E-state index is 10.2. The Balaban J connectivity index is 0.000000202. The minimum atomic E-state index is -1.74. The van der Waals surface area contributed by atoms with Crippen molar-refractivity contribution in [1.82, 2.24) is 0 Å². The van der Waals surface area contributed by atoms with Crippen molar-refractivity contribution >= 4 is 0 Å². The average molecular weight is 729 g/mol. The number of allylic oxidation sites excluding steroid dienone is 1. The van der Waals surface area contributed by atoms with E-state index in [-0.39, 0.29) is 6.10 Å². The van der Waals surface area contributed by atoms with Crippen LogP contribution in [0.2, 0.25) is 0 Å². The van der Waals surface area contributed by atoms with Gasteiger partial charge in [0.1, 0.15) is 48.8 Å². The van der Waals surface area contributed by atoms with Gasteiger partial charge in [-0.1, -0.05) is 65.5 Å². The summed E-state index contributed by atoms with van der Waals surface area (Å²) in [6.45, 7) is 11.2. The monoisotopic (exact) mass is 728 g/mol. The molecule has 6 aliphatic rings. The molecule has 0 spiro atoms. The van der Waals surface area contributed by atoms with E-state index in [2.05, 4.69) is 40.7 Å². The van der Waals surface area contributed by atoms with Crippen LogP contribution < -0.4 is 0 Å². The van der Waals surface area contributed by atoms with Crippen molar-refractivity contribution < 1.29 is 60.2 Å². The number of aliphatic hydroxyl groups excluding tert-OH is 9. The van der Waals surface area contributed by atoms with E-state index in [0.29, 0.717) is 10.8 Å². The van der Waals surface area contributed by atoms with E-state index in [9.17, 15) is 40.9 Å². The second-order valence-corrected chi connectivity index (χ2v) is 17.7. The lowest BCUT2D eigenvalue weighted by Crippen LogP contribution is -2.64. The zero-order chi connectivity index (χ0) is 37.4. The molecular weight excluding hydrogens is 660 g/mol. The first-order valence-electron chi connectivity index (χ1n) is 19.7. The highest BCUT2D eigenvalue weighted by Crippen LogP contribution is 2.67. The van der Waals surface area contributed by atoms with Gasteiger partial charge >= 0.3 is 0 Å². The molecule has 12 heteroatoms. The topological polar surface area (TPSA) is 210 Å². The van der Waals surface area contributed by atoms with Crippen LogP contribution in [0.4, 0.5) is 0 Å². The molecule has 12 nitrogen and oxygen atoms in total. The molecule has 0 aromatic rings. The Labute approximate surface area is 303 Å². The van der Waals surface area contributed by atoms with Crippen molar-refractivity contribution in [3.05, 3.63) is 11.6 Å². The largest absolute Gasteiger partial charge is 0.394 e. The van der Waals surface area contributed by atoms with E-state index >= 15 is 0 Å². The summed E-state index contributed by atoms with van der Waals surface area (Å²) in [7, 11) is 0. The van der Waals surface area contributed by atoms with E-state index in [1.165, 1.54) is 57.8 Å². The highest BCUT2D eigenvalue weighted by atomic mass is 16.7. The van der Waals surface area contributed by atoms with Gasteiger partial charge < -0.3 is 60.2 Å². The normalized spacial score (nSPS) is 48.8. The molecule has 0 radical (unpaired) electrons. The van der Waals surface area contributed by atoms with Gasteiger partial charge in [-0.3, -0.25) is 0 Å². The van der Waals surface area contributed by atoms with Gasteiger partial charge in [-0.2, -0.15) is 0 Å². The van der Waals surface area contributed by atoms with Crippen LogP contribution in [-0.2, 0) is 14.2 Å². The Morgan fingerprint density at radius 3 is 2.14 bits per heavy atom. The SMILES string of the molecule is CC(C)CCCC(C)[C@H]1CC[C@H]2[C@@H]3CC=C4C[C@@H](O)CC[C@]4(C)[C@H]3CC[C@]12C.OC[C@H]1O[C@@H](O[C@H]2[C@H](O)[C@@H](O)C(O)O[C@@H]2CO)[C@H](O)[C@@H](O)[C@H]1O. The van der Waals surface area contributed by atoms with Crippen LogP contribution in [0.25, 0.3) is 0 Å². The summed E-state index contributed by atoms with van der Waals surface area (Å²) in [4.78, 5) is 0. The molecule has 9 N–H and O–H groups in total. The fourth-order valence-electron chi connectivity index (χ4n) is 11.2. The molecule has 0 bridgehead atoms. The molecule has 2 aliphatic heterocycles. The zero-order valence-corrected chi connectivity index (χ0v) is 31.3. The predicted molar refractivity (Wildman–Crippen MR) is 188 cm³/mol. The number of hydrogen-bond acceptors (Lipinski definition) is 12. The summed E-state index contributed by atoms with van der Waals surface area (Å²) >= 11 is 0. The molecule has 2 unspecified atom stereocenters. The molecule has 4 aliphatic carbocycles. The number of rotatable bonds is 9. The summed E-state index contributed by atoms with van der Waals surface area (Å²) < 4.78 is 15.3. The maximum Gasteiger partial charge on any atom is 0.187 e. The Bertz CT molecular complexity index is 1150. The van der Waals surface area contributed by atoms with Crippen molar-refractivity contribution in [2.24, 2.45) is 46.3 Å². The van der Waals surface area contributed by atoms with Crippen molar-refractivity contribution in [2.45, 2.75) is 173 Å². The first-order chi connectivity index (χ1) is 24.1. The third-order valence-electron chi connectivity index (χ3n) is 14.3. The van der Waals surface area contributed by atoms with Crippen LogP contribution in [0.1, 0.15) is 105 Å². The van der Waals surface area contributed by atoms with Gasteiger partial charge in [0.05, 0.1) is 19.3 Å². The standard InChI is InChI=1S/C27H46O.C12H22O11/c1-18(2)7-6-8-19(3)23-11-12-24-22-10-9-20-17-21(28)13-15-26(20,4)25(22)14-16-27(23,24)5;13-1-3-5(15)6(16)9(19)12(22-3)23-10-4(2-14)21-11(20)8(18)7(10)17/h9,18-19,21-25,28H,6-8,10-17H2,1-5H3;3-20H,1-2H2/t19?,21-,22-,23+,24-,25-,26-,27+;3-,4-,5+,6+,7-,8-,9-,10-,11?,12+/m01/s1. The third kappa shape index (κ3) is 8.28. The number of hydrogen-bond donors (Lipinski definition) is 9. The van der Waals surface area contributed by atoms with Crippen molar-refractivity contribution in [2.75, 3.05) is 13.2 Å². The third-order valence-corrected chi connectivity index (χ3v) is 14.3. The Morgan fingerprint density at radius 2 is 1.47 bits per heavy atom. The lowest BCUT2D eigenvalue weighted by molar-refractivity contribution is -0.355. The highest BCUT2D eigenvalue weighted by molar-refractivity contribution is 5.25. The number of fused-ring (bicyclic) bond motifs is 5. The predicted octanol–water partition coefficient (Wildman–Crippen LogP) is 1.99. The summed E-state index contributed by atoms with van der Waals surface area (Å²) in [6, 6.07) is 0. The van der Waals surface area contributed by atoms with Gasteiger partial charge in [-0.15, -0.1) is 0 Å². The van der Waals surface area contributed by atoms with Crippen molar-refractivity contribution in [3.63, 3.8) is 0 Å². The second-order valence-electron chi connectivity index (χ2n) is 17.7. The quantitative estimate of drug-likeness (QED) is 0.156. The Morgan fingerprint density at radius 1 is 0.765 bits per heavy atom. The molecule has 51 heavy (non-hydrogen) atoms. The van der Waals surface area contributed by atoms with Gasteiger partial charge in [0.15, 0.2) is 12.6 Å². The molecule has 2 saturated heterocycles. The summed E-state index contributed by atoms with van der Waals surface area (Å²) in [5, 5.41) is 86.7. The van der Waals surface area contributed by atoms with Crippen molar-refractivity contribution in [1.29, 1.82) is 0 Å². The first-order valence-corrected chi connectivity index (χ1v) is 19.7. The van der Waals surface area contributed by atoms with Crippen LogP contribution in [0.15, 0.2) is 11.6 Å². The van der Waals surface area contributed by atoms with Gasteiger partial charge in [-0.05, 0) is 97.7 Å². The van der Waals surface area contributed by atoms with Gasteiger partial charge in [0.25, 0.3) is 0 Å². The molecular formula is C39H68O12. The molecule has 0 aromatic heterocycles. The minimum absolute atomic E-state index is 0.0766. The Kier molecular flexibility index (Phi) is 13.8. The fourth-order valence-corrected chi connectivity index (χ4v) is 11.2. The van der Waals surface area contributed by atoms with Gasteiger partial charge in [-0.25, -0.2) is 0 Å². The van der Waals surface area contributed by atoms with E-state index in [1.807, 2.05) is 0 Å². The van der Waals surface area contributed by atoms with Crippen LogP contribution in [0, 0.1) is 46.3 Å². The Hall–Kier alpha value is -0.740. The highest BCUT2D eigenvalue weighted by Gasteiger charge is 2.59. The molecule has 296 valence electrons. The molecule has 0 aromatic carbocycles. The lowest BCUT2D eigenvalue weighted by Gasteiger charge is -2.58.